The van der Waals surface area contributed by atoms with Gasteiger partial charge in [0.05, 0.1) is 6.54 Å². The molecule has 0 saturated heterocycles. The third kappa shape index (κ3) is 2.03. The van der Waals surface area contributed by atoms with E-state index in [-0.39, 0.29) is 5.91 Å². The second-order valence-electron chi connectivity index (χ2n) is 5.92. The summed E-state index contributed by atoms with van der Waals surface area (Å²) in [5.74, 6) is -0.00509. The predicted molar refractivity (Wildman–Crippen MR) is 94.1 cm³/mol. The summed E-state index contributed by atoms with van der Waals surface area (Å²) in [6.07, 6.45) is 1.73. The van der Waals surface area contributed by atoms with Crippen molar-refractivity contribution in [3.05, 3.63) is 59.4 Å². The van der Waals surface area contributed by atoms with Crippen molar-refractivity contribution in [2.75, 3.05) is 6.54 Å². The van der Waals surface area contributed by atoms with Crippen molar-refractivity contribution in [3.63, 3.8) is 0 Å². The van der Waals surface area contributed by atoms with E-state index in [1.54, 1.807) is 6.20 Å². The molecular formula is C18H14N4OS. The van der Waals surface area contributed by atoms with Gasteiger partial charge in [-0.25, -0.2) is 9.97 Å². The summed E-state index contributed by atoms with van der Waals surface area (Å²) in [6, 6.07) is 14.3. The van der Waals surface area contributed by atoms with Crippen LogP contribution in [0.3, 0.4) is 0 Å². The van der Waals surface area contributed by atoms with Crippen LogP contribution in [0.4, 0.5) is 0 Å². The zero-order valence-corrected chi connectivity index (χ0v) is 13.7. The van der Waals surface area contributed by atoms with E-state index in [9.17, 15) is 4.79 Å². The molecule has 6 heteroatoms. The van der Waals surface area contributed by atoms with Crippen LogP contribution in [0.1, 0.15) is 15.5 Å². The number of carbonyl (C=O) groups excluding carboxylic acids is 1. The quantitative estimate of drug-likeness (QED) is 0.537. The molecule has 0 atom stereocenters. The number of carbonyl (C=O) groups is 1. The highest BCUT2D eigenvalue weighted by Crippen LogP contribution is 2.26. The number of nitrogens with zero attached hydrogens (tertiary/aromatic N) is 4. The molecule has 0 aliphatic carbocycles. The smallest absolute Gasteiger partial charge is 0.283 e. The number of hydrogen-bond acceptors (Lipinski definition) is 4. The molecule has 1 aromatic carbocycles. The number of para-hydroxylation sites is 1. The second-order valence-corrected chi connectivity index (χ2v) is 6.90. The monoisotopic (exact) mass is 334 g/mol. The summed E-state index contributed by atoms with van der Waals surface area (Å²) in [6.45, 7) is 2.14. The number of hydrogen-bond donors (Lipinski definition) is 0. The predicted octanol–water partition coefficient (Wildman–Crippen LogP) is 3.30. The number of pyridine rings is 1. The minimum Gasteiger partial charge on any atom is -0.341 e. The summed E-state index contributed by atoms with van der Waals surface area (Å²) in [5, 5.41) is 1.75. The Kier molecular flexibility index (Phi) is 2.93. The van der Waals surface area contributed by atoms with Gasteiger partial charge < -0.3 is 9.47 Å². The number of amides is 1. The van der Waals surface area contributed by atoms with Gasteiger partial charge in [-0.3, -0.25) is 4.79 Å². The van der Waals surface area contributed by atoms with Crippen molar-refractivity contribution in [1.29, 1.82) is 0 Å². The average Bonchev–Trinajstić information content (AvgIpc) is 3.21. The van der Waals surface area contributed by atoms with E-state index < -0.39 is 0 Å². The highest BCUT2D eigenvalue weighted by molar-refractivity contribution is 7.19. The first-order valence-corrected chi connectivity index (χ1v) is 8.69. The molecule has 0 spiro atoms. The first-order chi connectivity index (χ1) is 11.8. The van der Waals surface area contributed by atoms with E-state index in [2.05, 4.69) is 38.8 Å². The second kappa shape index (κ2) is 5.14. The van der Waals surface area contributed by atoms with E-state index in [1.165, 1.54) is 27.9 Å². The van der Waals surface area contributed by atoms with Crippen LogP contribution in [-0.4, -0.2) is 31.9 Å². The van der Waals surface area contributed by atoms with E-state index in [0.29, 0.717) is 18.1 Å². The molecule has 0 bridgehead atoms. The van der Waals surface area contributed by atoms with Crippen LogP contribution in [0.2, 0.25) is 0 Å². The fourth-order valence-corrected chi connectivity index (χ4v) is 4.20. The van der Waals surface area contributed by atoms with Crippen molar-refractivity contribution in [3.8, 4) is 0 Å². The van der Waals surface area contributed by atoms with E-state index in [0.717, 1.165) is 16.9 Å². The van der Waals surface area contributed by atoms with Crippen LogP contribution in [0.5, 0.6) is 0 Å². The Morgan fingerprint density at radius 2 is 2.04 bits per heavy atom. The SMILES string of the molecule is O=C(c1nc2cccnc2s1)N1CCn2c(cc3ccccc32)C1. The highest BCUT2D eigenvalue weighted by atomic mass is 32.1. The van der Waals surface area contributed by atoms with Gasteiger partial charge in [-0.1, -0.05) is 29.5 Å². The van der Waals surface area contributed by atoms with Crippen LogP contribution in [-0.2, 0) is 13.1 Å². The lowest BCUT2D eigenvalue weighted by Gasteiger charge is -2.28. The van der Waals surface area contributed by atoms with Crippen LogP contribution in [0.15, 0.2) is 48.7 Å². The molecule has 0 radical (unpaired) electrons. The summed E-state index contributed by atoms with van der Waals surface area (Å²) in [4.78, 5) is 24.2. The van der Waals surface area contributed by atoms with Gasteiger partial charge in [0, 0.05) is 30.5 Å². The minimum atomic E-state index is -0.00509. The Hall–Kier alpha value is -2.73. The zero-order valence-electron chi connectivity index (χ0n) is 12.8. The maximum Gasteiger partial charge on any atom is 0.283 e. The molecule has 4 aromatic rings. The summed E-state index contributed by atoms with van der Waals surface area (Å²) in [7, 11) is 0. The Bertz CT molecular complexity index is 1050. The molecule has 0 unspecified atom stereocenters. The fourth-order valence-electron chi connectivity index (χ4n) is 3.33. The van der Waals surface area contributed by atoms with Gasteiger partial charge in [-0.05, 0) is 29.7 Å². The van der Waals surface area contributed by atoms with Gasteiger partial charge in [0.1, 0.15) is 10.3 Å². The van der Waals surface area contributed by atoms with E-state index in [1.807, 2.05) is 23.1 Å². The lowest BCUT2D eigenvalue weighted by Crippen LogP contribution is -2.37. The molecule has 0 fully saturated rings. The van der Waals surface area contributed by atoms with Gasteiger partial charge >= 0.3 is 0 Å². The zero-order chi connectivity index (χ0) is 16.1. The lowest BCUT2D eigenvalue weighted by molar-refractivity contribution is 0.0712. The number of benzene rings is 1. The first kappa shape index (κ1) is 13.7. The van der Waals surface area contributed by atoms with Crippen molar-refractivity contribution in [1.82, 2.24) is 19.4 Å². The molecule has 4 heterocycles. The molecule has 5 rings (SSSR count). The molecular weight excluding hydrogens is 320 g/mol. The largest absolute Gasteiger partial charge is 0.341 e. The fraction of sp³-hybridized carbons (Fsp3) is 0.167. The Labute approximate surface area is 142 Å². The first-order valence-electron chi connectivity index (χ1n) is 7.87. The van der Waals surface area contributed by atoms with Gasteiger partial charge in [0.25, 0.3) is 5.91 Å². The molecule has 24 heavy (non-hydrogen) atoms. The summed E-state index contributed by atoms with van der Waals surface area (Å²) in [5.41, 5.74) is 3.20. The molecule has 1 amide bonds. The maximum atomic E-state index is 12.8. The van der Waals surface area contributed by atoms with Crippen LogP contribution >= 0.6 is 11.3 Å². The maximum absolute atomic E-state index is 12.8. The van der Waals surface area contributed by atoms with Gasteiger partial charge in [-0.2, -0.15) is 0 Å². The minimum absolute atomic E-state index is 0.00509. The van der Waals surface area contributed by atoms with E-state index in [4.69, 9.17) is 0 Å². The van der Waals surface area contributed by atoms with Crippen LogP contribution in [0.25, 0.3) is 21.3 Å². The van der Waals surface area contributed by atoms with E-state index >= 15 is 0 Å². The Balaban J connectivity index is 1.48. The lowest BCUT2D eigenvalue weighted by atomic mass is 10.2. The Morgan fingerprint density at radius 1 is 1.12 bits per heavy atom. The number of fused-ring (bicyclic) bond motifs is 4. The molecule has 1 aliphatic rings. The Morgan fingerprint density at radius 3 is 2.96 bits per heavy atom. The number of thiazole rings is 1. The third-order valence-corrected chi connectivity index (χ3v) is 5.45. The van der Waals surface area contributed by atoms with Crippen molar-refractivity contribution in [2.24, 2.45) is 0 Å². The standard InChI is InChI=1S/C18H14N4OS/c23-18(17-20-14-5-3-7-19-16(14)24-17)21-8-9-22-13(11-21)10-12-4-1-2-6-15(12)22/h1-7,10H,8-9,11H2. The van der Waals surface area contributed by atoms with Gasteiger partial charge in [0.15, 0.2) is 5.01 Å². The third-order valence-electron chi connectivity index (χ3n) is 4.48. The van der Waals surface area contributed by atoms with Crippen LogP contribution in [0, 0.1) is 0 Å². The summed E-state index contributed by atoms with van der Waals surface area (Å²) < 4.78 is 2.30. The van der Waals surface area contributed by atoms with Crippen molar-refractivity contribution >= 4 is 38.5 Å². The molecule has 1 aliphatic heterocycles. The van der Waals surface area contributed by atoms with Crippen molar-refractivity contribution in [2.45, 2.75) is 13.1 Å². The number of aromatic nitrogens is 3. The number of rotatable bonds is 1. The molecule has 3 aromatic heterocycles. The molecule has 118 valence electrons. The highest BCUT2D eigenvalue weighted by Gasteiger charge is 2.25. The molecule has 0 saturated carbocycles. The summed E-state index contributed by atoms with van der Waals surface area (Å²) >= 11 is 1.37. The topological polar surface area (TPSA) is 51.0 Å². The average molecular weight is 334 g/mol. The molecule has 5 nitrogen and oxygen atoms in total. The van der Waals surface area contributed by atoms with Gasteiger partial charge in [-0.15, -0.1) is 0 Å². The van der Waals surface area contributed by atoms with Crippen molar-refractivity contribution < 1.29 is 4.79 Å². The van der Waals surface area contributed by atoms with Gasteiger partial charge in [0.2, 0.25) is 0 Å². The normalized spacial score (nSPS) is 14.2. The van der Waals surface area contributed by atoms with Crippen LogP contribution < -0.4 is 0 Å². The molecule has 0 N–H and O–H groups in total.